The molecule has 5 heteroatoms. The highest BCUT2D eigenvalue weighted by Gasteiger charge is 2.23. The summed E-state index contributed by atoms with van der Waals surface area (Å²) < 4.78 is 5.44. The van der Waals surface area contributed by atoms with E-state index in [0.29, 0.717) is 23.3 Å². The Morgan fingerprint density at radius 3 is 2.72 bits per heavy atom. The molecule has 25 heavy (non-hydrogen) atoms. The van der Waals surface area contributed by atoms with Crippen molar-refractivity contribution in [1.82, 2.24) is 10.3 Å². The van der Waals surface area contributed by atoms with Gasteiger partial charge in [-0.3, -0.25) is 9.78 Å². The number of methoxy groups -OCH3 is 1. The highest BCUT2D eigenvalue weighted by Crippen LogP contribution is 2.37. The number of nitrogens with zero attached hydrogens (tertiary/aromatic N) is 1. The van der Waals surface area contributed by atoms with Crippen LogP contribution < -0.4 is 10.1 Å². The Hall–Kier alpha value is -3.08. The molecule has 1 amide bonds. The van der Waals surface area contributed by atoms with Gasteiger partial charge in [0, 0.05) is 29.1 Å². The first-order valence-electron chi connectivity index (χ1n) is 8.14. The van der Waals surface area contributed by atoms with Crippen molar-refractivity contribution in [3.8, 4) is 11.5 Å². The number of amides is 1. The van der Waals surface area contributed by atoms with Gasteiger partial charge in [-0.05, 0) is 12.1 Å². The Morgan fingerprint density at radius 2 is 1.96 bits per heavy atom. The van der Waals surface area contributed by atoms with E-state index in [1.807, 2.05) is 48.5 Å². The molecular formula is C20H20N2O3. The third kappa shape index (κ3) is 3.26. The van der Waals surface area contributed by atoms with Gasteiger partial charge in [0.1, 0.15) is 17.0 Å². The van der Waals surface area contributed by atoms with E-state index in [1.165, 1.54) is 0 Å². The molecule has 0 saturated heterocycles. The minimum absolute atomic E-state index is 0.0606. The Labute approximate surface area is 146 Å². The molecule has 0 fully saturated rings. The van der Waals surface area contributed by atoms with Crippen molar-refractivity contribution in [2.24, 2.45) is 0 Å². The van der Waals surface area contributed by atoms with Gasteiger partial charge >= 0.3 is 0 Å². The van der Waals surface area contributed by atoms with Crippen LogP contribution in [0.4, 0.5) is 0 Å². The first-order chi connectivity index (χ1) is 12.2. The molecule has 0 aliphatic carbocycles. The summed E-state index contributed by atoms with van der Waals surface area (Å²) in [6, 6.07) is 14.3. The number of phenols is 1. The predicted molar refractivity (Wildman–Crippen MR) is 96.7 cm³/mol. The second-order valence-corrected chi connectivity index (χ2v) is 5.67. The second kappa shape index (κ2) is 7.21. The largest absolute Gasteiger partial charge is 0.505 e. The molecule has 0 aliphatic rings. The zero-order valence-electron chi connectivity index (χ0n) is 14.2. The number of carbonyl (C=O) groups is 1. The molecule has 3 aromatic rings. The molecule has 0 unspecified atom stereocenters. The van der Waals surface area contributed by atoms with E-state index < -0.39 is 6.04 Å². The normalized spacial score (nSPS) is 11.9. The van der Waals surface area contributed by atoms with Crippen LogP contribution in [0, 0.1) is 0 Å². The highest BCUT2D eigenvalue weighted by molar-refractivity contribution is 5.86. The lowest BCUT2D eigenvalue weighted by molar-refractivity contribution is -0.121. The van der Waals surface area contributed by atoms with Crippen LogP contribution in [0.25, 0.3) is 10.9 Å². The van der Waals surface area contributed by atoms with Crippen LogP contribution in [0.15, 0.2) is 54.7 Å². The van der Waals surface area contributed by atoms with Crippen LogP contribution in [-0.4, -0.2) is 23.1 Å². The van der Waals surface area contributed by atoms with Gasteiger partial charge < -0.3 is 15.2 Å². The van der Waals surface area contributed by atoms with Gasteiger partial charge in [-0.1, -0.05) is 43.3 Å². The van der Waals surface area contributed by atoms with Crippen molar-refractivity contribution in [1.29, 1.82) is 0 Å². The summed E-state index contributed by atoms with van der Waals surface area (Å²) in [7, 11) is 1.58. The molecule has 128 valence electrons. The van der Waals surface area contributed by atoms with Crippen LogP contribution in [-0.2, 0) is 4.79 Å². The molecular weight excluding hydrogens is 316 g/mol. The quantitative estimate of drug-likeness (QED) is 0.747. The molecule has 0 bridgehead atoms. The fourth-order valence-corrected chi connectivity index (χ4v) is 2.87. The van der Waals surface area contributed by atoms with E-state index in [0.717, 1.165) is 10.9 Å². The minimum Gasteiger partial charge on any atom is -0.505 e. The van der Waals surface area contributed by atoms with E-state index in [9.17, 15) is 9.90 Å². The van der Waals surface area contributed by atoms with Gasteiger partial charge in [-0.15, -0.1) is 0 Å². The van der Waals surface area contributed by atoms with Crippen molar-refractivity contribution in [2.45, 2.75) is 19.4 Å². The molecule has 1 aromatic heterocycles. The molecule has 2 aromatic carbocycles. The molecule has 2 N–H and O–H groups in total. The number of aromatic nitrogens is 1. The second-order valence-electron chi connectivity index (χ2n) is 5.67. The third-order valence-corrected chi connectivity index (χ3v) is 4.17. The highest BCUT2D eigenvalue weighted by atomic mass is 16.5. The smallest absolute Gasteiger partial charge is 0.220 e. The third-order valence-electron chi connectivity index (χ3n) is 4.17. The van der Waals surface area contributed by atoms with Crippen LogP contribution >= 0.6 is 0 Å². The summed E-state index contributed by atoms with van der Waals surface area (Å²) in [5, 5.41) is 14.6. The van der Waals surface area contributed by atoms with Gasteiger partial charge in [-0.25, -0.2) is 0 Å². The van der Waals surface area contributed by atoms with Crippen molar-refractivity contribution in [3.63, 3.8) is 0 Å². The summed E-state index contributed by atoms with van der Waals surface area (Å²) in [5.74, 6) is 0.589. The van der Waals surface area contributed by atoms with Gasteiger partial charge in [0.15, 0.2) is 0 Å². The molecule has 3 rings (SSSR count). The number of fused-ring (bicyclic) bond motifs is 1. The van der Waals surface area contributed by atoms with E-state index in [-0.39, 0.29) is 11.7 Å². The number of ether oxygens (including phenoxy) is 1. The Kier molecular flexibility index (Phi) is 4.84. The Balaban J connectivity index is 2.18. The molecule has 0 aliphatic heterocycles. The van der Waals surface area contributed by atoms with E-state index in [4.69, 9.17) is 4.74 Å². The van der Waals surface area contributed by atoms with E-state index >= 15 is 0 Å². The maximum atomic E-state index is 12.1. The van der Waals surface area contributed by atoms with Crippen LogP contribution in [0.1, 0.15) is 30.5 Å². The number of aromatic hydroxyl groups is 1. The first-order valence-corrected chi connectivity index (χ1v) is 8.14. The molecule has 5 nitrogen and oxygen atoms in total. The summed E-state index contributed by atoms with van der Waals surface area (Å²) in [6.07, 6.45) is 1.98. The minimum atomic E-state index is -0.532. The number of hydrogen-bond acceptors (Lipinski definition) is 4. The number of nitrogens with one attached hydrogen (secondary N) is 1. The number of rotatable bonds is 5. The number of hydrogen-bond donors (Lipinski definition) is 2. The number of pyridine rings is 1. The summed E-state index contributed by atoms with van der Waals surface area (Å²) in [6.45, 7) is 1.79. The predicted octanol–water partition coefficient (Wildman–Crippen LogP) is 3.56. The maximum absolute atomic E-state index is 12.1. The molecule has 1 heterocycles. The Morgan fingerprint density at radius 1 is 1.16 bits per heavy atom. The number of benzene rings is 2. The first kappa shape index (κ1) is 16.8. The molecule has 0 radical (unpaired) electrons. The average Bonchev–Trinajstić information content (AvgIpc) is 2.67. The number of para-hydroxylation sites is 1. The van der Waals surface area contributed by atoms with Crippen molar-refractivity contribution < 1.29 is 14.6 Å². The number of carbonyl (C=O) groups excluding carboxylic acids is 1. The van der Waals surface area contributed by atoms with Crippen LogP contribution in [0.2, 0.25) is 0 Å². The monoisotopic (exact) mass is 336 g/mol. The number of phenolic OH excluding ortho intramolecular Hbond substituents is 1. The fourth-order valence-electron chi connectivity index (χ4n) is 2.87. The molecule has 0 spiro atoms. The summed E-state index contributed by atoms with van der Waals surface area (Å²) in [4.78, 5) is 16.4. The lowest BCUT2D eigenvalue weighted by Crippen LogP contribution is -2.29. The Bertz CT molecular complexity index is 908. The van der Waals surface area contributed by atoms with E-state index in [1.54, 1.807) is 20.2 Å². The van der Waals surface area contributed by atoms with E-state index in [2.05, 4.69) is 10.3 Å². The van der Waals surface area contributed by atoms with Gasteiger partial charge in [0.05, 0.1) is 13.2 Å². The molecule has 1 atom stereocenters. The lowest BCUT2D eigenvalue weighted by Gasteiger charge is -2.23. The van der Waals surface area contributed by atoms with Crippen molar-refractivity contribution >= 4 is 16.8 Å². The maximum Gasteiger partial charge on any atom is 0.220 e. The fraction of sp³-hybridized carbons (Fsp3) is 0.200. The van der Waals surface area contributed by atoms with Crippen LogP contribution in [0.5, 0.6) is 11.5 Å². The summed E-state index contributed by atoms with van der Waals surface area (Å²) >= 11 is 0. The van der Waals surface area contributed by atoms with Gasteiger partial charge in [0.25, 0.3) is 0 Å². The van der Waals surface area contributed by atoms with Gasteiger partial charge in [-0.2, -0.15) is 0 Å². The van der Waals surface area contributed by atoms with Gasteiger partial charge in [0.2, 0.25) is 5.91 Å². The topological polar surface area (TPSA) is 71.5 Å². The zero-order chi connectivity index (χ0) is 17.8. The molecule has 0 saturated carbocycles. The standard InChI is InChI=1S/C20H20N2O3/c1-3-17(23)22-19(14-8-4-5-9-16(14)25-2)15-11-10-13-7-6-12-21-18(13)20(15)24/h4-12,19,24H,3H2,1-2H3,(H,22,23)/t19-/m1/s1. The van der Waals surface area contributed by atoms with Crippen molar-refractivity contribution in [2.75, 3.05) is 7.11 Å². The SMILES string of the molecule is CCC(=O)N[C@H](c1ccccc1OC)c1ccc2cccnc2c1O. The summed E-state index contributed by atoms with van der Waals surface area (Å²) in [5.41, 5.74) is 1.86. The zero-order valence-corrected chi connectivity index (χ0v) is 14.2. The van der Waals surface area contributed by atoms with Crippen molar-refractivity contribution in [3.05, 3.63) is 65.9 Å². The van der Waals surface area contributed by atoms with Crippen LogP contribution in [0.3, 0.4) is 0 Å². The average molecular weight is 336 g/mol. The lowest BCUT2D eigenvalue weighted by atomic mass is 9.95.